The van der Waals surface area contributed by atoms with E-state index in [1.165, 1.54) is 9.87 Å². The fourth-order valence-electron chi connectivity index (χ4n) is 2.43. The van der Waals surface area contributed by atoms with Crippen molar-refractivity contribution in [3.63, 3.8) is 0 Å². The van der Waals surface area contributed by atoms with E-state index < -0.39 is 10.0 Å². The van der Waals surface area contributed by atoms with Gasteiger partial charge < -0.3 is 4.57 Å². The van der Waals surface area contributed by atoms with E-state index in [1.807, 2.05) is 22.8 Å². The maximum Gasteiger partial charge on any atom is 0.215 e. The normalized spacial score (nSPS) is 12.0. The number of rotatable bonds is 6. The van der Waals surface area contributed by atoms with E-state index in [0.717, 1.165) is 21.3 Å². The zero-order valence-corrected chi connectivity index (χ0v) is 16.0. The van der Waals surface area contributed by atoms with Crippen molar-refractivity contribution < 1.29 is 8.42 Å². The minimum atomic E-state index is -3.24. The van der Waals surface area contributed by atoms with Gasteiger partial charge >= 0.3 is 0 Å². The monoisotopic (exact) mass is 376 g/mol. The maximum atomic E-state index is 12.0. The summed E-state index contributed by atoms with van der Waals surface area (Å²) in [5.41, 5.74) is 2.27. The summed E-state index contributed by atoms with van der Waals surface area (Å²) in [6.45, 7) is 2.41. The highest BCUT2D eigenvalue weighted by molar-refractivity contribution is 7.89. The molecule has 0 radical (unpaired) electrons. The van der Waals surface area contributed by atoms with Gasteiger partial charge in [0.1, 0.15) is 5.01 Å². The molecule has 0 unspecified atom stereocenters. The maximum absolute atomic E-state index is 12.0. The van der Waals surface area contributed by atoms with Crippen molar-refractivity contribution in [1.82, 2.24) is 18.8 Å². The molecule has 0 aliphatic rings. The molecule has 0 bridgehead atoms. The van der Waals surface area contributed by atoms with Gasteiger partial charge in [-0.05, 0) is 12.5 Å². The minimum Gasteiger partial charge on any atom is -0.329 e. The number of aromatic nitrogens is 3. The smallest absolute Gasteiger partial charge is 0.215 e. The third kappa shape index (κ3) is 3.81. The fourth-order valence-corrected chi connectivity index (χ4v) is 4.24. The van der Waals surface area contributed by atoms with Crippen molar-refractivity contribution in [2.24, 2.45) is 0 Å². The highest BCUT2D eigenvalue weighted by Gasteiger charge is 2.16. The summed E-state index contributed by atoms with van der Waals surface area (Å²) in [4.78, 5) is 9.83. The molecule has 132 valence electrons. The molecule has 8 heteroatoms. The van der Waals surface area contributed by atoms with E-state index in [-0.39, 0.29) is 5.75 Å². The Balaban J connectivity index is 1.85. The molecule has 2 heterocycles. The van der Waals surface area contributed by atoms with Crippen LogP contribution in [0, 0.1) is 6.92 Å². The van der Waals surface area contributed by atoms with Gasteiger partial charge in [0.25, 0.3) is 0 Å². The average molecular weight is 377 g/mol. The third-order valence-electron chi connectivity index (χ3n) is 3.96. The first-order chi connectivity index (χ1) is 11.9. The lowest BCUT2D eigenvalue weighted by Crippen LogP contribution is -2.27. The Kier molecular flexibility index (Phi) is 5.03. The van der Waals surface area contributed by atoms with Gasteiger partial charge in [-0.25, -0.2) is 22.7 Å². The molecular weight excluding hydrogens is 356 g/mol. The van der Waals surface area contributed by atoms with Crippen molar-refractivity contribution in [3.05, 3.63) is 48.4 Å². The van der Waals surface area contributed by atoms with Crippen LogP contribution in [0.25, 0.3) is 21.3 Å². The Morgan fingerprint density at radius 3 is 2.68 bits per heavy atom. The Morgan fingerprint density at radius 2 is 1.96 bits per heavy atom. The summed E-state index contributed by atoms with van der Waals surface area (Å²) in [6, 6.07) is 8.11. The van der Waals surface area contributed by atoms with Crippen LogP contribution >= 0.6 is 11.3 Å². The van der Waals surface area contributed by atoms with E-state index >= 15 is 0 Å². The molecule has 0 atom stereocenters. The standard InChI is InChI=1S/C17H20N4O2S2/c1-13-6-4-5-7-14(13)17-19-12-15(24-17)16-18-8-9-21(16)10-11-25(22,23)20(2)3/h4-9,12H,10-11H2,1-3H3. The van der Waals surface area contributed by atoms with Crippen molar-refractivity contribution in [1.29, 1.82) is 0 Å². The molecule has 0 saturated carbocycles. The zero-order valence-electron chi connectivity index (χ0n) is 14.4. The second-order valence-electron chi connectivity index (χ2n) is 5.89. The third-order valence-corrected chi connectivity index (χ3v) is 6.80. The quantitative estimate of drug-likeness (QED) is 0.663. The number of imidazole rings is 1. The summed E-state index contributed by atoms with van der Waals surface area (Å²) in [5.74, 6) is 0.776. The van der Waals surface area contributed by atoms with Gasteiger partial charge in [0, 0.05) is 44.8 Å². The van der Waals surface area contributed by atoms with Crippen LogP contribution in [0.15, 0.2) is 42.9 Å². The first-order valence-corrected chi connectivity index (χ1v) is 10.2. The highest BCUT2D eigenvalue weighted by Crippen LogP contribution is 2.32. The molecule has 25 heavy (non-hydrogen) atoms. The van der Waals surface area contributed by atoms with E-state index in [1.54, 1.807) is 44.0 Å². The van der Waals surface area contributed by atoms with E-state index in [4.69, 9.17) is 0 Å². The molecule has 0 fully saturated rings. The van der Waals surface area contributed by atoms with Crippen LogP contribution in [0.1, 0.15) is 5.56 Å². The molecular formula is C17H20N4O2S2. The van der Waals surface area contributed by atoms with Crippen LogP contribution in [0.2, 0.25) is 0 Å². The van der Waals surface area contributed by atoms with Crippen LogP contribution in [0.4, 0.5) is 0 Å². The molecule has 1 aromatic carbocycles. The Hall–Kier alpha value is -2.03. The fraction of sp³-hybridized carbons (Fsp3) is 0.294. The highest BCUT2D eigenvalue weighted by atomic mass is 32.2. The first kappa shape index (κ1) is 17.8. The molecule has 3 aromatic rings. The lowest BCUT2D eigenvalue weighted by Gasteiger charge is -2.12. The van der Waals surface area contributed by atoms with E-state index in [0.29, 0.717) is 6.54 Å². The molecule has 0 amide bonds. The van der Waals surface area contributed by atoms with Crippen LogP contribution in [-0.2, 0) is 16.6 Å². The predicted molar refractivity (Wildman–Crippen MR) is 101 cm³/mol. The minimum absolute atomic E-state index is 0.0345. The summed E-state index contributed by atoms with van der Waals surface area (Å²) in [6.07, 6.45) is 5.28. The summed E-state index contributed by atoms with van der Waals surface area (Å²) >= 11 is 1.56. The lowest BCUT2D eigenvalue weighted by molar-refractivity contribution is 0.515. The molecule has 0 spiro atoms. The Labute approximate surface area is 151 Å². The number of sulfonamides is 1. The van der Waals surface area contributed by atoms with Gasteiger partial charge in [-0.15, -0.1) is 11.3 Å². The molecule has 6 nitrogen and oxygen atoms in total. The molecule has 3 rings (SSSR count). The molecule has 0 N–H and O–H groups in total. The molecule has 0 saturated heterocycles. The average Bonchev–Trinajstić information content (AvgIpc) is 3.22. The summed E-state index contributed by atoms with van der Waals surface area (Å²) in [7, 11) is -0.157. The van der Waals surface area contributed by atoms with Gasteiger partial charge in [-0.1, -0.05) is 24.3 Å². The summed E-state index contributed by atoms with van der Waals surface area (Å²) < 4.78 is 27.1. The number of hydrogen-bond donors (Lipinski definition) is 0. The van der Waals surface area contributed by atoms with Gasteiger partial charge in [-0.3, -0.25) is 0 Å². The largest absolute Gasteiger partial charge is 0.329 e. The van der Waals surface area contributed by atoms with Crippen LogP contribution < -0.4 is 0 Å². The van der Waals surface area contributed by atoms with Crippen LogP contribution in [0.3, 0.4) is 0 Å². The van der Waals surface area contributed by atoms with Gasteiger partial charge in [0.15, 0.2) is 5.82 Å². The number of aryl methyl sites for hydroxylation is 2. The first-order valence-electron chi connectivity index (χ1n) is 7.82. The van der Waals surface area contributed by atoms with Crippen molar-refractivity contribution in [2.75, 3.05) is 19.8 Å². The van der Waals surface area contributed by atoms with Crippen molar-refractivity contribution >= 4 is 21.4 Å². The van der Waals surface area contributed by atoms with Gasteiger partial charge in [-0.2, -0.15) is 0 Å². The van der Waals surface area contributed by atoms with E-state index in [9.17, 15) is 8.42 Å². The predicted octanol–water partition coefficient (Wildman–Crippen LogP) is 2.87. The molecule has 0 aliphatic heterocycles. The summed E-state index contributed by atoms with van der Waals surface area (Å²) in [5, 5.41) is 0.934. The van der Waals surface area contributed by atoms with Crippen LogP contribution in [-0.4, -0.2) is 47.1 Å². The Bertz CT molecular complexity index is 974. The van der Waals surface area contributed by atoms with Crippen molar-refractivity contribution in [3.8, 4) is 21.3 Å². The molecule has 0 aliphatic carbocycles. The van der Waals surface area contributed by atoms with Gasteiger partial charge in [0.05, 0.1) is 10.6 Å². The number of thiazole rings is 1. The second kappa shape index (κ2) is 7.07. The van der Waals surface area contributed by atoms with E-state index in [2.05, 4.69) is 23.0 Å². The number of benzene rings is 1. The van der Waals surface area contributed by atoms with Crippen molar-refractivity contribution in [2.45, 2.75) is 13.5 Å². The van der Waals surface area contributed by atoms with Crippen LogP contribution in [0.5, 0.6) is 0 Å². The lowest BCUT2D eigenvalue weighted by atomic mass is 10.1. The SMILES string of the molecule is Cc1ccccc1-c1ncc(-c2nccn2CCS(=O)(=O)N(C)C)s1. The van der Waals surface area contributed by atoms with Gasteiger partial charge in [0.2, 0.25) is 10.0 Å². The second-order valence-corrected chi connectivity index (χ2v) is 9.22. The zero-order chi connectivity index (χ0) is 18.0. The number of nitrogens with zero attached hydrogens (tertiary/aromatic N) is 4. The Morgan fingerprint density at radius 1 is 1.20 bits per heavy atom. The molecule has 2 aromatic heterocycles. The topological polar surface area (TPSA) is 68.1 Å². The number of hydrogen-bond acceptors (Lipinski definition) is 5.